The molecule has 0 aromatic rings. The van der Waals surface area contributed by atoms with Gasteiger partial charge in [0.15, 0.2) is 0 Å². The van der Waals surface area contributed by atoms with Crippen LogP contribution in [-0.2, 0) is 4.74 Å². The quantitative estimate of drug-likeness (QED) is 0.786. The molecule has 0 aliphatic heterocycles. The number of carbonyl (C=O) groups excluding carboxylic acids is 1. The number of amides is 1. The minimum Gasteiger partial charge on any atom is -0.444 e. The molecule has 111 valence electrons. The van der Waals surface area contributed by atoms with E-state index >= 15 is 0 Å². The first kappa shape index (κ1) is 16.3. The molecule has 1 aliphatic rings. The number of likely N-dealkylation sites (N-methyl/N-ethyl adjacent to an activating group) is 2. The van der Waals surface area contributed by atoms with E-state index in [4.69, 9.17) is 4.74 Å². The fraction of sp³-hybridized carbons (Fsp3) is 0.867. The second kappa shape index (κ2) is 7.13. The molecule has 4 heteroatoms. The van der Waals surface area contributed by atoms with Gasteiger partial charge in [0.2, 0.25) is 0 Å². The van der Waals surface area contributed by atoms with Gasteiger partial charge < -0.3 is 14.5 Å². The van der Waals surface area contributed by atoms with Crippen LogP contribution in [0.15, 0.2) is 0 Å². The molecular weight excluding hydrogens is 240 g/mol. The minimum absolute atomic E-state index is 0.238. The third-order valence-corrected chi connectivity index (χ3v) is 3.52. The number of nitrogens with zero attached hydrogens (tertiary/aromatic N) is 2. The Kier molecular flexibility index (Phi) is 6.11. The Morgan fingerprint density at radius 3 is 2.32 bits per heavy atom. The highest BCUT2D eigenvalue weighted by molar-refractivity contribution is 5.67. The van der Waals surface area contributed by atoms with Crippen molar-refractivity contribution in [2.45, 2.75) is 58.1 Å². The first-order chi connectivity index (χ1) is 8.79. The Bertz CT molecular complexity index is 280. The summed E-state index contributed by atoms with van der Waals surface area (Å²) < 4.78 is 5.34. The second-order valence-electron chi connectivity index (χ2n) is 6.48. The zero-order valence-corrected chi connectivity index (χ0v) is 13.1. The van der Waals surface area contributed by atoms with Gasteiger partial charge >= 0.3 is 6.09 Å². The molecular formula is C15H29N2O2. The van der Waals surface area contributed by atoms with Gasteiger partial charge in [0, 0.05) is 26.2 Å². The molecule has 0 saturated heterocycles. The lowest BCUT2D eigenvalue weighted by Crippen LogP contribution is -2.41. The molecule has 0 heterocycles. The SMILES string of the molecule is CN(CCN(C)C1CC[CH]CC1)C(=O)OC(C)(C)C. The van der Waals surface area contributed by atoms with Crippen molar-refractivity contribution in [3.05, 3.63) is 6.42 Å². The van der Waals surface area contributed by atoms with Crippen molar-refractivity contribution in [1.29, 1.82) is 0 Å². The maximum absolute atomic E-state index is 11.8. The van der Waals surface area contributed by atoms with E-state index in [-0.39, 0.29) is 6.09 Å². The summed E-state index contributed by atoms with van der Waals surface area (Å²) in [6.07, 6.45) is 7.06. The molecule has 4 nitrogen and oxygen atoms in total. The van der Waals surface area contributed by atoms with Crippen molar-refractivity contribution in [2.75, 3.05) is 27.2 Å². The second-order valence-corrected chi connectivity index (χ2v) is 6.48. The Morgan fingerprint density at radius 2 is 1.79 bits per heavy atom. The van der Waals surface area contributed by atoms with Gasteiger partial charge in [-0.15, -0.1) is 0 Å². The third-order valence-electron chi connectivity index (χ3n) is 3.52. The molecule has 0 aromatic carbocycles. The summed E-state index contributed by atoms with van der Waals surface area (Å²) in [5.74, 6) is 0. The lowest BCUT2D eigenvalue weighted by molar-refractivity contribution is 0.0278. The van der Waals surface area contributed by atoms with Crippen LogP contribution in [0.4, 0.5) is 4.79 Å². The average molecular weight is 269 g/mol. The molecule has 1 aliphatic carbocycles. The molecule has 1 radical (unpaired) electrons. The monoisotopic (exact) mass is 269 g/mol. The Hall–Kier alpha value is -0.770. The van der Waals surface area contributed by atoms with Crippen molar-refractivity contribution < 1.29 is 9.53 Å². The fourth-order valence-electron chi connectivity index (χ4n) is 2.27. The summed E-state index contributed by atoms with van der Waals surface area (Å²) in [4.78, 5) is 15.9. The molecule has 0 spiro atoms. The normalized spacial score (nSPS) is 17.6. The molecule has 0 atom stereocenters. The summed E-state index contributed by atoms with van der Waals surface area (Å²) in [5, 5.41) is 0. The summed E-state index contributed by atoms with van der Waals surface area (Å²) in [7, 11) is 3.95. The van der Waals surface area contributed by atoms with Gasteiger partial charge in [-0.1, -0.05) is 0 Å². The van der Waals surface area contributed by atoms with Gasteiger partial charge in [0.1, 0.15) is 5.60 Å². The van der Waals surface area contributed by atoms with Crippen LogP contribution in [0.5, 0.6) is 0 Å². The van der Waals surface area contributed by atoms with Crippen molar-refractivity contribution >= 4 is 6.09 Å². The van der Waals surface area contributed by atoms with Crippen molar-refractivity contribution in [2.24, 2.45) is 0 Å². The van der Waals surface area contributed by atoms with E-state index in [1.165, 1.54) is 25.7 Å². The molecule has 0 unspecified atom stereocenters. The molecule has 1 amide bonds. The molecule has 1 rings (SSSR count). The lowest BCUT2D eigenvalue weighted by Gasteiger charge is -2.32. The summed E-state index contributed by atoms with van der Waals surface area (Å²) >= 11 is 0. The molecule has 1 saturated carbocycles. The van der Waals surface area contributed by atoms with Gasteiger partial charge in [-0.25, -0.2) is 4.79 Å². The lowest BCUT2D eigenvalue weighted by atomic mass is 9.94. The van der Waals surface area contributed by atoms with Gasteiger partial charge in [0.25, 0.3) is 0 Å². The van der Waals surface area contributed by atoms with Crippen LogP contribution < -0.4 is 0 Å². The first-order valence-electron chi connectivity index (χ1n) is 7.25. The van der Waals surface area contributed by atoms with Crippen LogP contribution >= 0.6 is 0 Å². The number of hydrogen-bond donors (Lipinski definition) is 0. The smallest absolute Gasteiger partial charge is 0.410 e. The van der Waals surface area contributed by atoms with E-state index < -0.39 is 5.60 Å². The summed E-state index contributed by atoms with van der Waals surface area (Å²) in [6, 6.07) is 0.664. The maximum atomic E-state index is 11.8. The summed E-state index contributed by atoms with van der Waals surface area (Å²) in [6.45, 7) is 7.29. The van der Waals surface area contributed by atoms with Crippen molar-refractivity contribution in [3.8, 4) is 0 Å². The van der Waals surface area contributed by atoms with Crippen LogP contribution in [0.3, 0.4) is 0 Å². The minimum atomic E-state index is -0.420. The van der Waals surface area contributed by atoms with E-state index in [1.54, 1.807) is 11.9 Å². The Labute approximate surface area is 118 Å². The van der Waals surface area contributed by atoms with Gasteiger partial charge in [-0.3, -0.25) is 0 Å². The topological polar surface area (TPSA) is 32.8 Å². The molecule has 0 N–H and O–H groups in total. The zero-order valence-electron chi connectivity index (χ0n) is 13.1. The largest absolute Gasteiger partial charge is 0.444 e. The highest BCUT2D eigenvalue weighted by atomic mass is 16.6. The maximum Gasteiger partial charge on any atom is 0.410 e. The number of rotatable bonds is 4. The zero-order chi connectivity index (χ0) is 14.5. The number of ether oxygens (including phenoxy) is 1. The third kappa shape index (κ3) is 6.28. The summed E-state index contributed by atoms with van der Waals surface area (Å²) in [5.41, 5.74) is -0.420. The van der Waals surface area contributed by atoms with E-state index in [9.17, 15) is 4.79 Å². The van der Waals surface area contributed by atoms with Crippen LogP contribution in [0, 0.1) is 6.42 Å². The van der Waals surface area contributed by atoms with Crippen LogP contribution in [0.2, 0.25) is 0 Å². The first-order valence-corrected chi connectivity index (χ1v) is 7.25. The standard InChI is InChI=1S/C15H29N2O2/c1-15(2,3)19-14(18)17(5)12-11-16(4)13-9-7-6-8-10-13/h6,13H,7-12H2,1-5H3. The average Bonchev–Trinajstić information content (AvgIpc) is 2.34. The molecule has 1 fully saturated rings. The number of carbonyl (C=O) groups is 1. The highest BCUT2D eigenvalue weighted by Crippen LogP contribution is 2.20. The van der Waals surface area contributed by atoms with Gasteiger partial charge in [-0.2, -0.15) is 0 Å². The highest BCUT2D eigenvalue weighted by Gasteiger charge is 2.21. The molecule has 0 bridgehead atoms. The van der Waals surface area contributed by atoms with Crippen LogP contribution in [0.25, 0.3) is 0 Å². The van der Waals surface area contributed by atoms with Crippen molar-refractivity contribution in [3.63, 3.8) is 0 Å². The van der Waals surface area contributed by atoms with E-state index in [0.717, 1.165) is 6.54 Å². The Balaban J connectivity index is 2.28. The number of hydrogen-bond acceptors (Lipinski definition) is 3. The van der Waals surface area contributed by atoms with Crippen molar-refractivity contribution in [1.82, 2.24) is 9.80 Å². The Morgan fingerprint density at radius 1 is 1.21 bits per heavy atom. The molecule has 19 heavy (non-hydrogen) atoms. The predicted molar refractivity (Wildman–Crippen MR) is 78.1 cm³/mol. The van der Waals surface area contributed by atoms with E-state index in [1.807, 2.05) is 20.8 Å². The molecule has 0 aromatic heterocycles. The van der Waals surface area contributed by atoms with Gasteiger partial charge in [0.05, 0.1) is 0 Å². The van der Waals surface area contributed by atoms with E-state index in [2.05, 4.69) is 18.4 Å². The van der Waals surface area contributed by atoms with E-state index in [0.29, 0.717) is 12.6 Å². The van der Waals surface area contributed by atoms with Crippen LogP contribution in [-0.4, -0.2) is 54.7 Å². The predicted octanol–water partition coefficient (Wildman–Crippen LogP) is 2.93. The van der Waals surface area contributed by atoms with Gasteiger partial charge in [-0.05, 0) is 59.9 Å². The fourth-order valence-corrected chi connectivity index (χ4v) is 2.27. The van der Waals surface area contributed by atoms with Crippen LogP contribution in [0.1, 0.15) is 46.5 Å².